The van der Waals surface area contributed by atoms with E-state index in [1.165, 1.54) is 0 Å². The zero-order valence-corrected chi connectivity index (χ0v) is 18.3. The Morgan fingerprint density at radius 2 is 1.25 bits per heavy atom. The first-order valence-corrected chi connectivity index (χ1v) is 10.5. The van der Waals surface area contributed by atoms with Gasteiger partial charge in [0, 0.05) is 0 Å². The van der Waals surface area contributed by atoms with Crippen molar-refractivity contribution < 1.29 is 9.59 Å². The zero-order valence-electron chi connectivity index (χ0n) is 13.7. The van der Waals surface area contributed by atoms with Crippen molar-refractivity contribution in [2.75, 3.05) is 4.90 Å². The molecule has 2 aromatic rings. The van der Waals surface area contributed by atoms with E-state index < -0.39 is 37.7 Å². The van der Waals surface area contributed by atoms with E-state index in [0.29, 0.717) is 5.69 Å². The van der Waals surface area contributed by atoms with E-state index in [0.717, 1.165) is 15.7 Å². The maximum atomic E-state index is 13.3. The fraction of sp³-hybridized carbons (Fsp3) is 0.263. The van der Waals surface area contributed by atoms with Crippen LogP contribution in [0.25, 0.3) is 10.8 Å². The van der Waals surface area contributed by atoms with Crippen LogP contribution in [-0.2, 0) is 9.59 Å². The lowest BCUT2D eigenvalue weighted by atomic mass is 9.84. The van der Waals surface area contributed by atoms with Gasteiger partial charge in [-0.15, -0.1) is 23.2 Å². The molecule has 4 atom stereocenters. The molecule has 0 aromatic heterocycles. The number of allylic oxidation sites excluding steroid dienone is 2. The van der Waals surface area contributed by atoms with Crippen LogP contribution >= 0.6 is 69.6 Å². The molecule has 2 fully saturated rings. The topological polar surface area (TPSA) is 37.4 Å². The fourth-order valence-corrected chi connectivity index (χ4v) is 7.49. The number of rotatable bonds is 1. The zero-order chi connectivity index (χ0) is 20.2. The molecule has 2 aromatic carbocycles. The number of alkyl halides is 4. The van der Waals surface area contributed by atoms with Gasteiger partial charge in [-0.1, -0.05) is 76.7 Å². The molecule has 144 valence electrons. The Morgan fingerprint density at radius 3 is 1.79 bits per heavy atom. The highest BCUT2D eigenvalue weighted by atomic mass is 35.5. The number of fused-ring (bicyclic) bond motifs is 6. The second-order valence-electron chi connectivity index (χ2n) is 7.12. The Balaban J connectivity index is 1.68. The van der Waals surface area contributed by atoms with Crippen molar-refractivity contribution in [3.63, 3.8) is 0 Å². The van der Waals surface area contributed by atoms with Gasteiger partial charge in [-0.25, -0.2) is 4.90 Å². The Hall–Kier alpha value is -0.680. The predicted octanol–water partition coefficient (Wildman–Crippen LogP) is 5.79. The first-order valence-electron chi connectivity index (χ1n) is 8.27. The molecule has 5 rings (SSSR count). The molecule has 1 aliphatic heterocycles. The van der Waals surface area contributed by atoms with Crippen LogP contribution in [0.15, 0.2) is 52.5 Å². The Bertz CT molecular complexity index is 1080. The van der Waals surface area contributed by atoms with Crippen LogP contribution in [-0.4, -0.2) is 25.9 Å². The lowest BCUT2D eigenvalue weighted by Crippen LogP contribution is -2.50. The summed E-state index contributed by atoms with van der Waals surface area (Å²) in [5, 5.41) is 1.65. The molecule has 3 nitrogen and oxygen atoms in total. The molecular formula is C19H9Cl6NO2. The molecule has 2 aliphatic carbocycles. The third-order valence-electron chi connectivity index (χ3n) is 5.90. The number of carbonyl (C=O) groups is 2. The minimum atomic E-state index is -1.92. The van der Waals surface area contributed by atoms with Gasteiger partial charge in [-0.2, -0.15) is 0 Å². The van der Waals surface area contributed by atoms with Gasteiger partial charge >= 0.3 is 0 Å². The lowest BCUT2D eigenvalue weighted by molar-refractivity contribution is -0.123. The van der Waals surface area contributed by atoms with Crippen LogP contribution in [0, 0.1) is 11.8 Å². The highest BCUT2D eigenvalue weighted by molar-refractivity contribution is 6.67. The van der Waals surface area contributed by atoms with Gasteiger partial charge in [0.2, 0.25) is 11.8 Å². The van der Waals surface area contributed by atoms with Crippen LogP contribution in [0.2, 0.25) is 0 Å². The maximum absolute atomic E-state index is 13.3. The molecule has 28 heavy (non-hydrogen) atoms. The van der Waals surface area contributed by atoms with Gasteiger partial charge < -0.3 is 0 Å². The number of imide groups is 1. The van der Waals surface area contributed by atoms with E-state index in [9.17, 15) is 9.59 Å². The summed E-state index contributed by atoms with van der Waals surface area (Å²) in [5.74, 6) is -3.38. The Morgan fingerprint density at radius 1 is 0.750 bits per heavy atom. The highest BCUT2D eigenvalue weighted by Crippen LogP contribution is 2.77. The molecule has 1 saturated heterocycles. The van der Waals surface area contributed by atoms with Gasteiger partial charge in [0.25, 0.3) is 0 Å². The number of anilines is 1. The van der Waals surface area contributed by atoms with Crippen molar-refractivity contribution in [2.24, 2.45) is 11.8 Å². The van der Waals surface area contributed by atoms with Gasteiger partial charge in [0.05, 0.1) is 27.6 Å². The SMILES string of the molecule is O=C1[C@H]2[C@H](C(=O)N1c1ccc3ccccc3c1)[C@]1(Cl)C(Cl)=C(Cl)[C@]2(Cl)C1(Cl)Cl. The monoisotopic (exact) mass is 493 g/mol. The largest absolute Gasteiger partial charge is 0.274 e. The van der Waals surface area contributed by atoms with Crippen molar-refractivity contribution in [1.82, 2.24) is 0 Å². The van der Waals surface area contributed by atoms with Gasteiger partial charge in [0.15, 0.2) is 4.33 Å². The molecule has 1 saturated carbocycles. The van der Waals surface area contributed by atoms with Crippen molar-refractivity contribution in [1.29, 1.82) is 0 Å². The Kier molecular flexibility index (Phi) is 3.94. The quantitative estimate of drug-likeness (QED) is 0.371. The van der Waals surface area contributed by atoms with Crippen LogP contribution in [0.4, 0.5) is 5.69 Å². The second-order valence-corrected chi connectivity index (χ2v) is 10.4. The summed E-state index contributed by atoms with van der Waals surface area (Å²) in [5.41, 5.74) is 0.407. The predicted molar refractivity (Wildman–Crippen MR) is 114 cm³/mol. The van der Waals surface area contributed by atoms with Crippen molar-refractivity contribution in [2.45, 2.75) is 14.1 Å². The summed E-state index contributed by atoms with van der Waals surface area (Å²) >= 11 is 39.0. The summed E-state index contributed by atoms with van der Waals surface area (Å²) in [6, 6.07) is 12.9. The summed E-state index contributed by atoms with van der Waals surface area (Å²) in [7, 11) is 0. The molecule has 0 radical (unpaired) electrons. The number of benzene rings is 2. The van der Waals surface area contributed by atoms with E-state index in [1.807, 2.05) is 30.3 Å². The van der Waals surface area contributed by atoms with Crippen molar-refractivity contribution >= 4 is 97.9 Å². The molecule has 3 aliphatic rings. The molecule has 0 N–H and O–H groups in total. The summed E-state index contributed by atoms with van der Waals surface area (Å²) in [6.45, 7) is 0. The second kappa shape index (κ2) is 5.72. The molecule has 1 heterocycles. The third-order valence-corrected chi connectivity index (χ3v) is 10.2. The fourth-order valence-electron chi connectivity index (χ4n) is 4.57. The van der Waals surface area contributed by atoms with E-state index in [1.54, 1.807) is 12.1 Å². The first kappa shape index (κ1) is 19.3. The normalized spacial score (nSPS) is 36.0. The van der Waals surface area contributed by atoms with Crippen molar-refractivity contribution in [3.8, 4) is 0 Å². The van der Waals surface area contributed by atoms with Gasteiger partial charge in [0.1, 0.15) is 9.75 Å². The van der Waals surface area contributed by atoms with Crippen molar-refractivity contribution in [3.05, 3.63) is 52.5 Å². The number of nitrogens with zero attached hydrogens (tertiary/aromatic N) is 1. The van der Waals surface area contributed by atoms with E-state index in [2.05, 4.69) is 0 Å². The molecule has 0 spiro atoms. The van der Waals surface area contributed by atoms with E-state index in [-0.39, 0.29) is 10.1 Å². The average molecular weight is 496 g/mol. The third kappa shape index (κ3) is 1.88. The highest BCUT2D eigenvalue weighted by Gasteiger charge is 2.87. The van der Waals surface area contributed by atoms with Crippen LogP contribution in [0.3, 0.4) is 0 Å². The van der Waals surface area contributed by atoms with Gasteiger partial charge in [-0.3, -0.25) is 9.59 Å². The maximum Gasteiger partial charge on any atom is 0.240 e. The first-order chi connectivity index (χ1) is 13.1. The molecular weight excluding hydrogens is 487 g/mol. The molecule has 2 bridgehead atoms. The number of hydrogen-bond acceptors (Lipinski definition) is 2. The van der Waals surface area contributed by atoms with E-state index in [4.69, 9.17) is 69.6 Å². The molecule has 0 unspecified atom stereocenters. The van der Waals surface area contributed by atoms with E-state index >= 15 is 0 Å². The summed E-state index contributed by atoms with van der Waals surface area (Å²) in [6.07, 6.45) is 0. The molecule has 2 amide bonds. The summed E-state index contributed by atoms with van der Waals surface area (Å²) in [4.78, 5) is 24.1. The number of amides is 2. The minimum Gasteiger partial charge on any atom is -0.274 e. The lowest BCUT2D eigenvalue weighted by Gasteiger charge is -2.34. The molecule has 9 heteroatoms. The minimum absolute atomic E-state index is 0.0985. The number of hydrogen-bond donors (Lipinski definition) is 0. The summed E-state index contributed by atoms with van der Waals surface area (Å²) < 4.78 is -1.92. The van der Waals surface area contributed by atoms with Crippen LogP contribution in [0.1, 0.15) is 0 Å². The number of carbonyl (C=O) groups excluding carboxylic acids is 2. The number of halogens is 6. The smallest absolute Gasteiger partial charge is 0.240 e. The van der Waals surface area contributed by atoms with Crippen LogP contribution in [0.5, 0.6) is 0 Å². The van der Waals surface area contributed by atoms with Crippen LogP contribution < -0.4 is 4.90 Å². The van der Waals surface area contributed by atoms with Gasteiger partial charge in [-0.05, 0) is 22.9 Å². The Labute approximate surface area is 190 Å². The standard InChI is InChI=1S/C19H9Cl6NO2/c20-13-14(21)18(23)12-11(17(13,22)19(18,24)25)15(27)26(16(12)28)10-6-5-8-3-1-2-4-9(8)7-10/h1-7,11-12H/t11-,12-,17+,18+/m1/s1. The average Bonchev–Trinajstić information content (AvgIpc) is 3.05.